The minimum Gasteiger partial charge on any atom is -0.379 e. The van der Waals surface area contributed by atoms with E-state index in [-0.39, 0.29) is 11.3 Å². The Morgan fingerprint density at radius 2 is 1.91 bits per heavy atom. The third-order valence-electron chi connectivity index (χ3n) is 7.69. The zero-order valence-corrected chi connectivity index (χ0v) is 21.2. The first kappa shape index (κ1) is 24.0. The lowest BCUT2D eigenvalue weighted by molar-refractivity contribution is -0.120. The molecule has 4 heterocycles. The molecule has 0 bridgehead atoms. The van der Waals surface area contributed by atoms with E-state index in [0.29, 0.717) is 29.1 Å². The third kappa shape index (κ3) is 4.98. The minimum absolute atomic E-state index is 0.128. The van der Waals surface area contributed by atoms with Crippen LogP contribution in [-0.4, -0.2) is 79.2 Å². The molecule has 5 rings (SSSR count). The second-order valence-electron chi connectivity index (χ2n) is 9.89. The normalized spacial score (nSPS) is 24.9. The van der Waals surface area contributed by atoms with E-state index in [1.807, 2.05) is 42.3 Å². The van der Waals surface area contributed by atoms with E-state index in [0.717, 1.165) is 75.7 Å². The molecule has 0 spiro atoms. The van der Waals surface area contributed by atoms with Gasteiger partial charge in [0.15, 0.2) is 0 Å². The van der Waals surface area contributed by atoms with E-state index in [2.05, 4.69) is 20.9 Å². The number of morpholine rings is 1. The number of hydrogen-bond donors (Lipinski definition) is 0. The highest BCUT2D eigenvalue weighted by atomic mass is 35.5. The van der Waals surface area contributed by atoms with Crippen molar-refractivity contribution in [3.8, 4) is 0 Å². The molecule has 2 aromatic rings. The summed E-state index contributed by atoms with van der Waals surface area (Å²) in [6.07, 6.45) is 4.07. The smallest absolute Gasteiger partial charge is 0.228 e. The van der Waals surface area contributed by atoms with Crippen LogP contribution in [0.3, 0.4) is 0 Å². The number of likely N-dealkylation sites (tertiary alicyclic amines) is 1. The van der Waals surface area contributed by atoms with Gasteiger partial charge >= 0.3 is 0 Å². The molecule has 1 aromatic carbocycles. The number of pyridine rings is 1. The predicted octanol–water partition coefficient (Wildman–Crippen LogP) is 4.17. The molecule has 1 aromatic heterocycles. The Hall–Kier alpha value is -1.70. The highest BCUT2D eigenvalue weighted by Crippen LogP contribution is 2.41. The van der Waals surface area contributed by atoms with Crippen LogP contribution in [0.5, 0.6) is 0 Å². The van der Waals surface area contributed by atoms with Gasteiger partial charge in [-0.05, 0) is 55.6 Å². The molecule has 1 atom stereocenters. The average Bonchev–Trinajstić information content (AvgIpc) is 2.82. The molecule has 8 heteroatoms. The Labute approximate surface area is 211 Å². The number of aromatic nitrogens is 1. The Balaban J connectivity index is 1.34. The quantitative estimate of drug-likeness (QED) is 0.593. The number of rotatable bonds is 6. The lowest BCUT2D eigenvalue weighted by Gasteiger charge is -2.49. The van der Waals surface area contributed by atoms with Gasteiger partial charge in [-0.15, -0.1) is 0 Å². The van der Waals surface area contributed by atoms with Crippen molar-refractivity contribution in [2.45, 2.75) is 37.6 Å². The minimum atomic E-state index is -0.196. The maximum Gasteiger partial charge on any atom is 0.228 e. The Morgan fingerprint density at radius 1 is 1.12 bits per heavy atom. The van der Waals surface area contributed by atoms with Crippen LogP contribution in [0.4, 0.5) is 5.82 Å². The lowest BCUT2D eigenvalue weighted by atomic mass is 9.71. The second-order valence-corrected chi connectivity index (χ2v) is 10.7. The molecule has 1 amide bonds. The van der Waals surface area contributed by atoms with Crippen molar-refractivity contribution in [2.75, 3.05) is 57.4 Å². The first-order chi connectivity index (χ1) is 16.4. The molecule has 3 aliphatic heterocycles. The molecule has 0 aliphatic carbocycles. The van der Waals surface area contributed by atoms with Gasteiger partial charge in [-0.1, -0.05) is 35.3 Å². The van der Waals surface area contributed by atoms with Crippen molar-refractivity contribution >= 4 is 34.9 Å². The van der Waals surface area contributed by atoms with Crippen molar-refractivity contribution in [3.63, 3.8) is 0 Å². The summed E-state index contributed by atoms with van der Waals surface area (Å²) in [7, 11) is 0. The van der Waals surface area contributed by atoms with Gasteiger partial charge in [0.1, 0.15) is 5.82 Å². The summed E-state index contributed by atoms with van der Waals surface area (Å²) in [5.74, 6) is 0.847. The van der Waals surface area contributed by atoms with Crippen LogP contribution in [0.15, 0.2) is 36.5 Å². The SMILES string of the molecule is Cc1ccc(N2CC(CCN3CC(N4CCOCC4)C3)(c3ccc(Cl)c(Cl)c3)CCC2=O)nc1. The molecule has 0 N–H and O–H groups in total. The highest BCUT2D eigenvalue weighted by Gasteiger charge is 2.42. The molecule has 3 fully saturated rings. The molecule has 182 valence electrons. The number of aryl methyl sites for hydroxylation is 1. The summed E-state index contributed by atoms with van der Waals surface area (Å²) in [5.41, 5.74) is 2.03. The van der Waals surface area contributed by atoms with E-state index < -0.39 is 0 Å². The topological polar surface area (TPSA) is 48.9 Å². The van der Waals surface area contributed by atoms with Gasteiger partial charge in [0.2, 0.25) is 5.91 Å². The highest BCUT2D eigenvalue weighted by molar-refractivity contribution is 6.42. The Bertz CT molecular complexity index is 1020. The van der Waals surface area contributed by atoms with E-state index in [1.54, 1.807) is 0 Å². The van der Waals surface area contributed by atoms with E-state index in [9.17, 15) is 4.79 Å². The number of ether oxygens (including phenoxy) is 1. The fourth-order valence-electron chi connectivity index (χ4n) is 5.46. The van der Waals surface area contributed by atoms with Crippen LogP contribution >= 0.6 is 23.2 Å². The first-order valence-corrected chi connectivity index (χ1v) is 12.9. The number of hydrogen-bond acceptors (Lipinski definition) is 5. The van der Waals surface area contributed by atoms with Crippen LogP contribution < -0.4 is 4.90 Å². The first-order valence-electron chi connectivity index (χ1n) is 12.2. The fourth-order valence-corrected chi connectivity index (χ4v) is 5.76. The predicted molar refractivity (Wildman–Crippen MR) is 136 cm³/mol. The van der Waals surface area contributed by atoms with E-state index in [1.165, 1.54) is 0 Å². The van der Waals surface area contributed by atoms with Crippen LogP contribution in [0.1, 0.15) is 30.4 Å². The monoisotopic (exact) mass is 502 g/mol. The molecule has 3 saturated heterocycles. The number of halogens is 2. The van der Waals surface area contributed by atoms with Crippen LogP contribution in [-0.2, 0) is 14.9 Å². The van der Waals surface area contributed by atoms with E-state index >= 15 is 0 Å². The Kier molecular flexibility index (Phi) is 7.14. The number of anilines is 1. The zero-order chi connectivity index (χ0) is 23.7. The zero-order valence-electron chi connectivity index (χ0n) is 19.7. The van der Waals surface area contributed by atoms with Crippen LogP contribution in [0, 0.1) is 6.92 Å². The van der Waals surface area contributed by atoms with Crippen molar-refractivity contribution < 1.29 is 9.53 Å². The lowest BCUT2D eigenvalue weighted by Crippen LogP contribution is -2.62. The summed E-state index contributed by atoms with van der Waals surface area (Å²) in [6, 6.07) is 10.5. The van der Waals surface area contributed by atoms with Gasteiger partial charge in [0.05, 0.1) is 23.3 Å². The molecule has 0 saturated carbocycles. The number of benzene rings is 1. The van der Waals surface area contributed by atoms with Crippen LogP contribution in [0.2, 0.25) is 10.0 Å². The number of amides is 1. The molecule has 1 unspecified atom stereocenters. The van der Waals surface area contributed by atoms with Gasteiger partial charge < -0.3 is 9.64 Å². The van der Waals surface area contributed by atoms with Crippen molar-refractivity contribution in [1.29, 1.82) is 0 Å². The van der Waals surface area contributed by atoms with Gasteiger partial charge in [-0.2, -0.15) is 0 Å². The summed E-state index contributed by atoms with van der Waals surface area (Å²) >= 11 is 12.7. The number of nitrogens with zero attached hydrogens (tertiary/aromatic N) is 4. The average molecular weight is 503 g/mol. The molecule has 6 nitrogen and oxygen atoms in total. The Morgan fingerprint density at radius 3 is 2.62 bits per heavy atom. The summed E-state index contributed by atoms with van der Waals surface area (Å²) in [5, 5.41) is 1.12. The maximum absolute atomic E-state index is 13.0. The largest absolute Gasteiger partial charge is 0.379 e. The van der Waals surface area contributed by atoms with Crippen molar-refractivity contribution in [3.05, 3.63) is 57.7 Å². The third-order valence-corrected chi connectivity index (χ3v) is 8.43. The number of carbonyl (C=O) groups is 1. The van der Waals surface area contributed by atoms with Gasteiger partial charge in [-0.25, -0.2) is 4.98 Å². The molecular formula is C26H32Cl2N4O2. The van der Waals surface area contributed by atoms with Gasteiger partial charge in [-0.3, -0.25) is 14.6 Å². The van der Waals surface area contributed by atoms with Gasteiger partial charge in [0.25, 0.3) is 0 Å². The summed E-state index contributed by atoms with van der Waals surface area (Å²) < 4.78 is 5.50. The maximum atomic E-state index is 13.0. The molecule has 3 aliphatic rings. The molecular weight excluding hydrogens is 471 g/mol. The van der Waals surface area contributed by atoms with Gasteiger partial charge in [0, 0.05) is 56.8 Å². The number of carbonyl (C=O) groups excluding carboxylic acids is 1. The standard InChI is InChI=1S/C26H32Cl2N4O2/c1-19-2-5-24(29-15-19)32-18-26(7-6-25(32)33,20-3-4-22(27)23(28)14-20)8-9-30-16-21(17-30)31-10-12-34-13-11-31/h2-5,14-15,21H,6-13,16-18H2,1H3. The molecule has 0 radical (unpaired) electrons. The second kappa shape index (κ2) is 10.1. The van der Waals surface area contributed by atoms with Crippen LogP contribution in [0.25, 0.3) is 0 Å². The van der Waals surface area contributed by atoms with Crippen molar-refractivity contribution in [2.24, 2.45) is 0 Å². The fraction of sp³-hybridized carbons (Fsp3) is 0.538. The summed E-state index contributed by atoms with van der Waals surface area (Å²) in [6.45, 7) is 9.54. The number of piperidine rings is 1. The molecule has 34 heavy (non-hydrogen) atoms. The van der Waals surface area contributed by atoms with E-state index in [4.69, 9.17) is 27.9 Å². The summed E-state index contributed by atoms with van der Waals surface area (Å²) in [4.78, 5) is 24.5. The van der Waals surface area contributed by atoms with Crippen molar-refractivity contribution in [1.82, 2.24) is 14.8 Å².